The first-order valence-electron chi connectivity index (χ1n) is 11.1. The fourth-order valence-electron chi connectivity index (χ4n) is 4.10. The number of nitrogens with zero attached hydrogens (tertiary/aromatic N) is 3. The van der Waals surface area contributed by atoms with Crippen LogP contribution in [0, 0.1) is 6.92 Å². The van der Waals surface area contributed by atoms with Crippen LogP contribution in [0.5, 0.6) is 0 Å². The van der Waals surface area contributed by atoms with Crippen LogP contribution in [0.1, 0.15) is 61.8 Å². The maximum Gasteiger partial charge on any atom is 0.436 e. The zero-order valence-electron chi connectivity index (χ0n) is 19.9. The number of benzene rings is 2. The molecule has 0 aliphatic rings. The third kappa shape index (κ3) is 5.22. The van der Waals surface area contributed by atoms with Gasteiger partial charge < -0.3 is 15.0 Å². The van der Waals surface area contributed by atoms with Crippen molar-refractivity contribution in [2.45, 2.75) is 38.8 Å². The number of aryl methyl sites for hydroxylation is 1. The SMILES string of the molecule is Cc1cn(Cc2cccc(C(F)(F)F)c2)c2c(C(=O)N[C@@H](C)c3ccc(C(=O)O)cc3)c(C(F)(F)F)nn12. The van der Waals surface area contributed by atoms with E-state index >= 15 is 0 Å². The second-order valence-electron chi connectivity index (χ2n) is 8.68. The van der Waals surface area contributed by atoms with Crippen molar-refractivity contribution in [3.05, 3.63) is 93.9 Å². The van der Waals surface area contributed by atoms with Crippen LogP contribution in [0.15, 0.2) is 54.7 Å². The van der Waals surface area contributed by atoms with Crippen LogP contribution in [0.4, 0.5) is 26.3 Å². The van der Waals surface area contributed by atoms with Crippen LogP contribution < -0.4 is 5.32 Å². The van der Waals surface area contributed by atoms with E-state index in [1.54, 1.807) is 0 Å². The van der Waals surface area contributed by atoms with Crippen LogP contribution in [0.3, 0.4) is 0 Å². The molecule has 0 saturated carbocycles. The van der Waals surface area contributed by atoms with Gasteiger partial charge in [-0.1, -0.05) is 24.3 Å². The summed E-state index contributed by atoms with van der Waals surface area (Å²) in [4.78, 5) is 24.3. The van der Waals surface area contributed by atoms with Crippen LogP contribution in [-0.2, 0) is 18.9 Å². The molecule has 0 saturated heterocycles. The molecule has 2 N–H and O–H groups in total. The van der Waals surface area contributed by atoms with Gasteiger partial charge in [-0.3, -0.25) is 4.79 Å². The molecular formula is C25H20F6N4O3. The highest BCUT2D eigenvalue weighted by Crippen LogP contribution is 2.35. The number of aromatic carboxylic acids is 1. The first-order valence-corrected chi connectivity index (χ1v) is 11.1. The lowest BCUT2D eigenvalue weighted by Crippen LogP contribution is -2.29. The van der Waals surface area contributed by atoms with Crippen LogP contribution in [0.25, 0.3) is 5.65 Å². The monoisotopic (exact) mass is 538 g/mol. The number of fused-ring (bicyclic) bond motifs is 1. The topological polar surface area (TPSA) is 88.6 Å². The molecule has 0 fully saturated rings. The van der Waals surface area contributed by atoms with E-state index in [-0.39, 0.29) is 29.0 Å². The van der Waals surface area contributed by atoms with Crippen molar-refractivity contribution in [2.24, 2.45) is 0 Å². The van der Waals surface area contributed by atoms with Gasteiger partial charge in [0.25, 0.3) is 5.91 Å². The molecule has 2 aromatic heterocycles. The Morgan fingerprint density at radius 3 is 2.26 bits per heavy atom. The van der Waals surface area contributed by atoms with E-state index < -0.39 is 47.1 Å². The van der Waals surface area contributed by atoms with Crippen molar-refractivity contribution >= 4 is 17.5 Å². The number of imidazole rings is 1. The van der Waals surface area contributed by atoms with Gasteiger partial charge in [-0.2, -0.15) is 31.4 Å². The van der Waals surface area contributed by atoms with Crippen molar-refractivity contribution in [1.29, 1.82) is 0 Å². The summed E-state index contributed by atoms with van der Waals surface area (Å²) in [5.41, 5.74) is -2.56. The number of hydrogen-bond donors (Lipinski definition) is 2. The molecule has 2 heterocycles. The average Bonchev–Trinajstić information content (AvgIpc) is 3.37. The lowest BCUT2D eigenvalue weighted by molar-refractivity contribution is -0.141. The summed E-state index contributed by atoms with van der Waals surface area (Å²) in [5, 5.41) is 15.1. The third-order valence-corrected chi connectivity index (χ3v) is 5.92. The second kappa shape index (κ2) is 9.54. The number of rotatable bonds is 6. The van der Waals surface area contributed by atoms with E-state index in [1.165, 1.54) is 61.0 Å². The fourth-order valence-corrected chi connectivity index (χ4v) is 4.10. The van der Waals surface area contributed by atoms with Crippen molar-refractivity contribution in [3.8, 4) is 0 Å². The first-order chi connectivity index (χ1) is 17.7. The summed E-state index contributed by atoms with van der Waals surface area (Å²) in [6.45, 7) is 2.71. The van der Waals surface area contributed by atoms with Crippen LogP contribution >= 0.6 is 0 Å². The van der Waals surface area contributed by atoms with E-state index in [2.05, 4.69) is 10.4 Å². The summed E-state index contributed by atoms with van der Waals surface area (Å²) < 4.78 is 83.5. The van der Waals surface area contributed by atoms with Crippen molar-refractivity contribution in [2.75, 3.05) is 0 Å². The molecule has 0 radical (unpaired) electrons. The normalized spacial score (nSPS) is 13.1. The largest absolute Gasteiger partial charge is 0.478 e. The number of nitrogens with one attached hydrogen (secondary N) is 1. The van der Waals surface area contributed by atoms with Gasteiger partial charge in [0.15, 0.2) is 5.69 Å². The Balaban J connectivity index is 1.75. The lowest BCUT2D eigenvalue weighted by Gasteiger charge is -2.16. The third-order valence-electron chi connectivity index (χ3n) is 5.92. The molecule has 4 aromatic rings. The Morgan fingerprint density at radius 2 is 1.68 bits per heavy atom. The highest BCUT2D eigenvalue weighted by Gasteiger charge is 2.42. The summed E-state index contributed by atoms with van der Waals surface area (Å²) in [6, 6.07) is 8.97. The van der Waals surface area contributed by atoms with Crippen LogP contribution in [-0.4, -0.2) is 31.2 Å². The number of carboxylic acids is 1. The Labute approximate surface area is 211 Å². The van der Waals surface area contributed by atoms with E-state index in [0.29, 0.717) is 5.56 Å². The fraction of sp³-hybridized carbons (Fsp3) is 0.240. The maximum atomic E-state index is 13.9. The number of halogens is 6. The Kier molecular flexibility index (Phi) is 6.72. The zero-order chi connectivity index (χ0) is 28.0. The molecule has 7 nitrogen and oxygen atoms in total. The molecule has 1 atom stereocenters. The smallest absolute Gasteiger partial charge is 0.436 e. The summed E-state index contributed by atoms with van der Waals surface area (Å²) in [5.74, 6) is -2.27. The van der Waals surface area contributed by atoms with Gasteiger partial charge in [0.1, 0.15) is 11.2 Å². The Bertz CT molecular complexity index is 1520. The van der Waals surface area contributed by atoms with E-state index in [9.17, 15) is 35.9 Å². The molecule has 4 rings (SSSR count). The average molecular weight is 538 g/mol. The van der Waals surface area contributed by atoms with Gasteiger partial charge in [0, 0.05) is 12.7 Å². The van der Waals surface area contributed by atoms with E-state index in [1.807, 2.05) is 0 Å². The van der Waals surface area contributed by atoms with E-state index in [0.717, 1.165) is 16.6 Å². The predicted molar refractivity (Wildman–Crippen MR) is 123 cm³/mol. The molecule has 0 spiro atoms. The standard InChI is InChI=1S/C25H20F6N4O3/c1-13-11-34(12-15-4-3-5-18(10-15)24(26,27)28)22-19(20(25(29,30)31)33-35(13)22)21(36)32-14(2)16-6-8-17(9-7-16)23(37)38/h3-11,14H,12H2,1-2H3,(H,32,36)(H,37,38)/t14-/m0/s1. The molecule has 0 bridgehead atoms. The van der Waals surface area contributed by atoms with Crippen molar-refractivity contribution < 1.29 is 41.0 Å². The number of carbonyl (C=O) groups is 2. The minimum absolute atomic E-state index is 0.00660. The molecule has 0 unspecified atom stereocenters. The number of alkyl halides is 6. The van der Waals surface area contributed by atoms with Gasteiger partial charge in [0.05, 0.1) is 22.9 Å². The summed E-state index contributed by atoms with van der Waals surface area (Å²) in [7, 11) is 0. The highest BCUT2D eigenvalue weighted by atomic mass is 19.4. The van der Waals surface area contributed by atoms with Gasteiger partial charge in [0.2, 0.25) is 0 Å². The first kappa shape index (κ1) is 26.8. The number of carboxylic acid groups (broad SMARTS) is 1. The maximum absolute atomic E-state index is 13.9. The van der Waals surface area contributed by atoms with Crippen molar-refractivity contribution in [3.63, 3.8) is 0 Å². The molecule has 0 aliphatic carbocycles. The summed E-state index contributed by atoms with van der Waals surface area (Å²) >= 11 is 0. The molecule has 1 amide bonds. The molecular weight excluding hydrogens is 518 g/mol. The Morgan fingerprint density at radius 1 is 1.03 bits per heavy atom. The van der Waals surface area contributed by atoms with Crippen LogP contribution in [0.2, 0.25) is 0 Å². The number of amides is 1. The minimum Gasteiger partial charge on any atom is -0.478 e. The second-order valence-corrected chi connectivity index (χ2v) is 8.68. The number of hydrogen-bond acceptors (Lipinski definition) is 3. The van der Waals surface area contributed by atoms with Gasteiger partial charge in [-0.05, 0) is 49.2 Å². The number of carbonyl (C=O) groups excluding carboxylic acids is 1. The molecule has 0 aliphatic heterocycles. The molecule has 13 heteroatoms. The van der Waals surface area contributed by atoms with Gasteiger partial charge in [-0.25, -0.2) is 9.31 Å². The van der Waals surface area contributed by atoms with E-state index in [4.69, 9.17) is 5.11 Å². The number of aromatic nitrogens is 3. The Hall–Kier alpha value is -4.29. The zero-order valence-corrected chi connectivity index (χ0v) is 19.9. The van der Waals surface area contributed by atoms with Crippen molar-refractivity contribution in [1.82, 2.24) is 19.5 Å². The predicted octanol–water partition coefficient (Wildman–Crippen LogP) is 5.72. The lowest BCUT2D eigenvalue weighted by atomic mass is 10.1. The minimum atomic E-state index is -5.00. The quantitative estimate of drug-likeness (QED) is 0.308. The molecule has 2 aromatic carbocycles. The summed E-state index contributed by atoms with van der Waals surface area (Å²) in [6.07, 6.45) is -8.21. The van der Waals surface area contributed by atoms with Gasteiger partial charge in [-0.15, -0.1) is 0 Å². The highest BCUT2D eigenvalue weighted by molar-refractivity contribution is 6.01. The molecule has 38 heavy (non-hydrogen) atoms. The molecule has 200 valence electrons. The van der Waals surface area contributed by atoms with Gasteiger partial charge >= 0.3 is 18.3 Å².